The second-order valence-corrected chi connectivity index (χ2v) is 1.39. The van der Waals surface area contributed by atoms with E-state index in [4.69, 9.17) is 5.11 Å². The molecule has 0 aliphatic carbocycles. The van der Waals surface area contributed by atoms with E-state index in [0.717, 1.165) is 6.07 Å². The number of aromatic hydroxyl groups is 1. The molecule has 0 bridgehead atoms. The third-order valence-electron chi connectivity index (χ3n) is 0.758. The number of hydrogen-bond acceptors (Lipinski definition) is 1. The maximum absolute atomic E-state index is 11.9. The lowest BCUT2D eigenvalue weighted by atomic mass is 10.3. The molecular weight excluding hydrogens is 107 g/mol. The predicted molar refractivity (Wildman–Crippen MR) is 26.9 cm³/mol. The smallest absolute Gasteiger partial charge is 0.131 e. The molecule has 0 unspecified atom stereocenters. The summed E-state index contributed by atoms with van der Waals surface area (Å²) in [6.07, 6.45) is 0. The van der Waals surface area contributed by atoms with Gasteiger partial charge in [0.2, 0.25) is 0 Å². The number of phenolic OH excluding ortho intramolecular Hbond substituents is 1. The summed E-state index contributed by atoms with van der Waals surface area (Å²) in [5.41, 5.74) is 0. The van der Waals surface area contributed by atoms with Crippen LogP contribution in [-0.2, 0) is 0 Å². The molecule has 1 aromatic rings. The van der Waals surface area contributed by atoms with Crippen molar-refractivity contribution in [1.82, 2.24) is 0 Å². The van der Waals surface area contributed by atoms with E-state index in [1.54, 1.807) is 0 Å². The van der Waals surface area contributed by atoms with Crippen LogP contribution in [0.25, 0.3) is 0 Å². The largest absolute Gasteiger partial charge is 0.508 e. The average Bonchev–Trinajstić information content (AvgIpc) is 1.77. The number of phenols is 1. The Hall–Kier alpha value is -1.05. The van der Waals surface area contributed by atoms with Crippen LogP contribution in [0.1, 0.15) is 0 Å². The minimum Gasteiger partial charge on any atom is -0.508 e. The normalized spacial score (nSPS) is 9.12. The van der Waals surface area contributed by atoms with Crippen molar-refractivity contribution in [2.75, 3.05) is 0 Å². The molecule has 1 nitrogen and oxygen atoms in total. The maximum Gasteiger partial charge on any atom is 0.131 e. The number of rotatable bonds is 0. The van der Waals surface area contributed by atoms with Crippen molar-refractivity contribution in [3.05, 3.63) is 30.1 Å². The maximum atomic E-state index is 11.9. The van der Waals surface area contributed by atoms with E-state index >= 15 is 0 Å². The van der Waals surface area contributed by atoms with E-state index in [1.807, 2.05) is 0 Å². The Morgan fingerprint density at radius 2 is 2.25 bits per heavy atom. The van der Waals surface area contributed by atoms with E-state index < -0.39 is 5.82 Å². The van der Waals surface area contributed by atoms with Crippen molar-refractivity contribution in [2.24, 2.45) is 0 Å². The van der Waals surface area contributed by atoms with Crippen molar-refractivity contribution in [3.63, 3.8) is 0 Å². The minimum atomic E-state index is -0.456. The molecule has 1 N–H and O–H groups in total. The average molecular weight is 111 g/mol. The van der Waals surface area contributed by atoms with Gasteiger partial charge in [-0.15, -0.1) is 0 Å². The van der Waals surface area contributed by atoms with E-state index in [-0.39, 0.29) is 5.75 Å². The SMILES string of the molecule is Oc1c[c]c(F)cc1. The molecule has 0 saturated carbocycles. The van der Waals surface area contributed by atoms with Crippen LogP contribution < -0.4 is 0 Å². The van der Waals surface area contributed by atoms with Gasteiger partial charge in [-0.2, -0.15) is 0 Å². The summed E-state index contributed by atoms with van der Waals surface area (Å²) in [7, 11) is 0. The van der Waals surface area contributed by atoms with Crippen LogP contribution in [0.2, 0.25) is 0 Å². The molecule has 1 aromatic carbocycles. The molecule has 0 saturated heterocycles. The van der Waals surface area contributed by atoms with E-state index in [2.05, 4.69) is 6.07 Å². The number of hydrogen-bond donors (Lipinski definition) is 1. The van der Waals surface area contributed by atoms with E-state index in [0.29, 0.717) is 0 Å². The van der Waals surface area contributed by atoms with Gasteiger partial charge in [-0.25, -0.2) is 4.39 Å². The second kappa shape index (κ2) is 1.82. The summed E-state index contributed by atoms with van der Waals surface area (Å²) in [6.45, 7) is 0. The molecule has 0 fully saturated rings. The Labute approximate surface area is 46.4 Å². The Morgan fingerprint density at radius 1 is 1.50 bits per heavy atom. The zero-order chi connectivity index (χ0) is 5.98. The van der Waals surface area contributed by atoms with Crippen LogP contribution in [0, 0.1) is 11.9 Å². The first-order chi connectivity index (χ1) is 3.79. The molecule has 0 heterocycles. The van der Waals surface area contributed by atoms with Gasteiger partial charge in [0.05, 0.1) is 0 Å². The van der Waals surface area contributed by atoms with Crippen LogP contribution in [-0.4, -0.2) is 5.11 Å². The quantitative estimate of drug-likeness (QED) is 0.535. The van der Waals surface area contributed by atoms with Crippen molar-refractivity contribution in [2.45, 2.75) is 0 Å². The monoisotopic (exact) mass is 111 g/mol. The van der Waals surface area contributed by atoms with Crippen molar-refractivity contribution >= 4 is 0 Å². The summed E-state index contributed by atoms with van der Waals surface area (Å²) < 4.78 is 11.9. The van der Waals surface area contributed by atoms with Gasteiger partial charge in [0.25, 0.3) is 0 Å². The molecule has 8 heavy (non-hydrogen) atoms. The Kier molecular flexibility index (Phi) is 1.16. The van der Waals surface area contributed by atoms with Crippen molar-refractivity contribution in [3.8, 4) is 5.75 Å². The highest BCUT2D eigenvalue weighted by Crippen LogP contribution is 2.06. The molecule has 41 valence electrons. The first-order valence-electron chi connectivity index (χ1n) is 2.15. The summed E-state index contributed by atoms with van der Waals surface area (Å²) in [5.74, 6) is -0.422. The van der Waals surface area contributed by atoms with Gasteiger partial charge in [0, 0.05) is 6.07 Å². The van der Waals surface area contributed by atoms with Crippen molar-refractivity contribution in [1.29, 1.82) is 0 Å². The summed E-state index contributed by atoms with van der Waals surface area (Å²) >= 11 is 0. The Bertz CT molecular complexity index is 147. The molecule has 0 aliphatic rings. The second-order valence-electron chi connectivity index (χ2n) is 1.39. The van der Waals surface area contributed by atoms with Gasteiger partial charge in [0.1, 0.15) is 11.6 Å². The molecule has 0 spiro atoms. The molecule has 1 radical (unpaired) electrons. The summed E-state index contributed by atoms with van der Waals surface area (Å²) in [6, 6.07) is 5.78. The lowest BCUT2D eigenvalue weighted by Gasteiger charge is -1.85. The number of halogens is 1. The fourth-order valence-electron chi connectivity index (χ4n) is 0.398. The topological polar surface area (TPSA) is 20.2 Å². The van der Waals surface area contributed by atoms with E-state index in [1.165, 1.54) is 12.1 Å². The molecule has 0 amide bonds. The van der Waals surface area contributed by atoms with Crippen molar-refractivity contribution < 1.29 is 9.50 Å². The third-order valence-corrected chi connectivity index (χ3v) is 0.758. The predicted octanol–water partition coefficient (Wildman–Crippen LogP) is 1.33. The molecule has 0 aliphatic heterocycles. The first-order valence-corrected chi connectivity index (χ1v) is 2.15. The Morgan fingerprint density at radius 3 is 2.62 bits per heavy atom. The van der Waals surface area contributed by atoms with Crippen LogP contribution in [0.3, 0.4) is 0 Å². The Balaban J connectivity index is 3.03. The zero-order valence-corrected chi connectivity index (χ0v) is 4.06. The molecule has 2 heteroatoms. The van der Waals surface area contributed by atoms with Crippen LogP contribution in [0.4, 0.5) is 4.39 Å². The first kappa shape index (κ1) is 5.09. The standard InChI is InChI=1S/C6H4FO/c7-5-1-3-6(8)4-2-5/h1,3-4,8H. The van der Waals surface area contributed by atoms with E-state index in [9.17, 15) is 4.39 Å². The number of benzene rings is 1. The van der Waals surface area contributed by atoms with Gasteiger partial charge in [-0.1, -0.05) is 0 Å². The highest BCUT2D eigenvalue weighted by Gasteiger charge is 1.86. The minimum absolute atomic E-state index is 0.0337. The molecular formula is C6H4FO. The highest BCUT2D eigenvalue weighted by atomic mass is 19.1. The van der Waals surface area contributed by atoms with Gasteiger partial charge in [-0.3, -0.25) is 0 Å². The summed E-state index contributed by atoms with van der Waals surface area (Å²) in [4.78, 5) is 0. The zero-order valence-electron chi connectivity index (χ0n) is 4.06. The fourth-order valence-corrected chi connectivity index (χ4v) is 0.398. The molecule has 0 atom stereocenters. The third kappa shape index (κ3) is 0.964. The molecule has 1 rings (SSSR count). The lowest BCUT2D eigenvalue weighted by molar-refractivity contribution is 0.473. The van der Waals surface area contributed by atoms with Gasteiger partial charge < -0.3 is 5.11 Å². The van der Waals surface area contributed by atoms with Gasteiger partial charge >= 0.3 is 0 Å². The lowest BCUT2D eigenvalue weighted by Crippen LogP contribution is -1.68. The van der Waals surface area contributed by atoms with Gasteiger partial charge in [-0.05, 0) is 18.2 Å². The highest BCUT2D eigenvalue weighted by molar-refractivity contribution is 5.18. The van der Waals surface area contributed by atoms with Gasteiger partial charge in [0.15, 0.2) is 0 Å². The summed E-state index contributed by atoms with van der Waals surface area (Å²) in [5, 5.41) is 8.56. The van der Waals surface area contributed by atoms with Crippen LogP contribution in [0.5, 0.6) is 5.75 Å². The fraction of sp³-hybridized carbons (Fsp3) is 0. The molecule has 0 aromatic heterocycles. The van der Waals surface area contributed by atoms with Crippen LogP contribution >= 0.6 is 0 Å². The van der Waals surface area contributed by atoms with Crippen LogP contribution in [0.15, 0.2) is 18.2 Å².